The van der Waals surface area contributed by atoms with Crippen LogP contribution in [0.25, 0.3) is 0 Å². The highest BCUT2D eigenvalue weighted by Gasteiger charge is 2.03. The zero-order valence-electron chi connectivity index (χ0n) is 10.6. The molecule has 1 aromatic carbocycles. The van der Waals surface area contributed by atoms with E-state index < -0.39 is 0 Å². The molecule has 1 aromatic heterocycles. The molecule has 0 amide bonds. The molecule has 0 unspecified atom stereocenters. The fourth-order valence-electron chi connectivity index (χ4n) is 1.91. The van der Waals surface area contributed by atoms with Crippen molar-refractivity contribution < 1.29 is 4.39 Å². The van der Waals surface area contributed by atoms with Gasteiger partial charge in [-0.05, 0) is 24.5 Å². The van der Waals surface area contributed by atoms with Crippen LogP contribution in [0.15, 0.2) is 36.7 Å². The van der Waals surface area contributed by atoms with Gasteiger partial charge in [-0.1, -0.05) is 25.1 Å². The van der Waals surface area contributed by atoms with Gasteiger partial charge in [-0.15, -0.1) is 0 Å². The van der Waals surface area contributed by atoms with Crippen molar-refractivity contribution in [3.8, 4) is 0 Å². The third-order valence-electron chi connectivity index (χ3n) is 2.82. The molecule has 0 saturated heterocycles. The fraction of sp³-hybridized carbons (Fsp3) is 0.357. The lowest BCUT2D eigenvalue weighted by Crippen LogP contribution is -2.11. The molecule has 4 heteroatoms. The Labute approximate surface area is 107 Å². The zero-order valence-corrected chi connectivity index (χ0v) is 10.6. The SMILES string of the molecule is CCCn1ccnc1NCCc1ccccc1F. The van der Waals surface area contributed by atoms with Crippen molar-refractivity contribution in [1.29, 1.82) is 0 Å². The fourth-order valence-corrected chi connectivity index (χ4v) is 1.91. The average Bonchev–Trinajstić information content (AvgIpc) is 2.80. The number of nitrogens with one attached hydrogen (secondary N) is 1. The van der Waals surface area contributed by atoms with Crippen LogP contribution in [-0.2, 0) is 13.0 Å². The molecule has 0 radical (unpaired) electrons. The first-order valence-electron chi connectivity index (χ1n) is 6.29. The standard InChI is InChI=1S/C14H18FN3/c1-2-10-18-11-9-17-14(18)16-8-7-12-5-3-4-6-13(12)15/h3-6,9,11H,2,7-8,10H2,1H3,(H,16,17). The monoisotopic (exact) mass is 247 g/mol. The van der Waals surface area contributed by atoms with E-state index in [0.717, 1.165) is 24.5 Å². The van der Waals surface area contributed by atoms with Gasteiger partial charge in [0.05, 0.1) is 0 Å². The van der Waals surface area contributed by atoms with E-state index in [1.54, 1.807) is 12.3 Å². The van der Waals surface area contributed by atoms with E-state index in [4.69, 9.17) is 0 Å². The van der Waals surface area contributed by atoms with Crippen molar-refractivity contribution in [3.05, 3.63) is 48.0 Å². The highest BCUT2D eigenvalue weighted by Crippen LogP contribution is 2.09. The maximum absolute atomic E-state index is 13.4. The number of anilines is 1. The highest BCUT2D eigenvalue weighted by atomic mass is 19.1. The zero-order chi connectivity index (χ0) is 12.8. The second-order valence-corrected chi connectivity index (χ2v) is 4.21. The van der Waals surface area contributed by atoms with Crippen LogP contribution in [0, 0.1) is 5.82 Å². The lowest BCUT2D eigenvalue weighted by atomic mass is 10.1. The summed E-state index contributed by atoms with van der Waals surface area (Å²) in [6.45, 7) is 3.76. The summed E-state index contributed by atoms with van der Waals surface area (Å²) in [7, 11) is 0. The van der Waals surface area contributed by atoms with Crippen LogP contribution in [0.5, 0.6) is 0 Å². The molecule has 0 aliphatic heterocycles. The number of halogens is 1. The second kappa shape index (κ2) is 6.19. The summed E-state index contributed by atoms with van der Waals surface area (Å²) in [5, 5.41) is 3.24. The van der Waals surface area contributed by atoms with Gasteiger partial charge in [-0.2, -0.15) is 0 Å². The summed E-state index contributed by atoms with van der Waals surface area (Å²) in [6.07, 6.45) is 5.46. The minimum Gasteiger partial charge on any atom is -0.355 e. The molecule has 2 aromatic rings. The molecule has 0 bridgehead atoms. The van der Waals surface area contributed by atoms with Crippen LogP contribution < -0.4 is 5.32 Å². The normalized spacial score (nSPS) is 10.6. The molecular weight excluding hydrogens is 229 g/mol. The van der Waals surface area contributed by atoms with Crippen LogP contribution in [0.3, 0.4) is 0 Å². The summed E-state index contributed by atoms with van der Waals surface area (Å²) in [5.41, 5.74) is 0.735. The third kappa shape index (κ3) is 3.09. The van der Waals surface area contributed by atoms with Crippen LogP contribution in [-0.4, -0.2) is 16.1 Å². The molecule has 3 nitrogen and oxygen atoms in total. The Morgan fingerprint density at radius 2 is 2.17 bits per heavy atom. The van der Waals surface area contributed by atoms with Crippen molar-refractivity contribution in [1.82, 2.24) is 9.55 Å². The largest absolute Gasteiger partial charge is 0.355 e. The Morgan fingerprint density at radius 3 is 2.94 bits per heavy atom. The van der Waals surface area contributed by atoms with Crippen molar-refractivity contribution >= 4 is 5.95 Å². The first-order chi connectivity index (χ1) is 8.81. The summed E-state index contributed by atoms with van der Waals surface area (Å²) >= 11 is 0. The molecule has 0 atom stereocenters. The van der Waals surface area contributed by atoms with Crippen LogP contribution in [0.4, 0.5) is 10.3 Å². The number of nitrogens with zero attached hydrogens (tertiary/aromatic N) is 2. The second-order valence-electron chi connectivity index (χ2n) is 4.21. The van der Waals surface area contributed by atoms with Gasteiger partial charge in [0.2, 0.25) is 5.95 Å². The van der Waals surface area contributed by atoms with Gasteiger partial charge >= 0.3 is 0 Å². The van der Waals surface area contributed by atoms with E-state index >= 15 is 0 Å². The van der Waals surface area contributed by atoms with Gasteiger partial charge in [0.25, 0.3) is 0 Å². The Morgan fingerprint density at radius 1 is 1.33 bits per heavy atom. The van der Waals surface area contributed by atoms with Gasteiger partial charge in [0.15, 0.2) is 0 Å². The molecule has 0 aliphatic rings. The molecule has 1 heterocycles. The van der Waals surface area contributed by atoms with Gasteiger partial charge in [0.1, 0.15) is 5.82 Å². The minimum absolute atomic E-state index is 0.142. The molecule has 0 spiro atoms. The predicted octanol–water partition coefficient (Wildman–Crippen LogP) is 3.09. The summed E-state index contributed by atoms with van der Waals surface area (Å²) < 4.78 is 15.5. The van der Waals surface area contributed by atoms with E-state index in [-0.39, 0.29) is 5.82 Å². The van der Waals surface area contributed by atoms with E-state index in [1.807, 2.05) is 18.3 Å². The number of aromatic nitrogens is 2. The van der Waals surface area contributed by atoms with Crippen molar-refractivity contribution in [3.63, 3.8) is 0 Å². The van der Waals surface area contributed by atoms with Crippen LogP contribution in [0.2, 0.25) is 0 Å². The Bertz CT molecular complexity index is 493. The topological polar surface area (TPSA) is 29.9 Å². The molecule has 18 heavy (non-hydrogen) atoms. The smallest absolute Gasteiger partial charge is 0.202 e. The maximum Gasteiger partial charge on any atom is 0.202 e. The predicted molar refractivity (Wildman–Crippen MR) is 71.1 cm³/mol. The van der Waals surface area contributed by atoms with Gasteiger partial charge in [-0.3, -0.25) is 0 Å². The number of benzene rings is 1. The van der Waals surface area contributed by atoms with Crippen LogP contribution in [0.1, 0.15) is 18.9 Å². The minimum atomic E-state index is -0.142. The van der Waals surface area contributed by atoms with Crippen molar-refractivity contribution in [2.45, 2.75) is 26.3 Å². The molecular formula is C14H18FN3. The first kappa shape index (κ1) is 12.6. The van der Waals surface area contributed by atoms with Gasteiger partial charge in [-0.25, -0.2) is 9.37 Å². The lowest BCUT2D eigenvalue weighted by Gasteiger charge is -2.09. The summed E-state index contributed by atoms with van der Waals surface area (Å²) in [5.74, 6) is 0.712. The van der Waals surface area contributed by atoms with E-state index in [1.165, 1.54) is 6.07 Å². The molecule has 0 fully saturated rings. The van der Waals surface area contributed by atoms with Crippen molar-refractivity contribution in [2.24, 2.45) is 0 Å². The van der Waals surface area contributed by atoms with Gasteiger partial charge in [0, 0.05) is 25.5 Å². The molecule has 0 saturated carbocycles. The van der Waals surface area contributed by atoms with Crippen molar-refractivity contribution in [2.75, 3.05) is 11.9 Å². The number of hydrogen-bond donors (Lipinski definition) is 1. The molecule has 0 aliphatic carbocycles. The van der Waals surface area contributed by atoms with Crippen LogP contribution >= 0.6 is 0 Å². The third-order valence-corrected chi connectivity index (χ3v) is 2.82. The number of rotatable bonds is 6. The molecule has 1 N–H and O–H groups in total. The van der Waals surface area contributed by atoms with Gasteiger partial charge < -0.3 is 9.88 Å². The highest BCUT2D eigenvalue weighted by molar-refractivity contribution is 5.27. The Hall–Kier alpha value is -1.84. The summed E-state index contributed by atoms with van der Waals surface area (Å²) in [6, 6.07) is 6.87. The molecule has 2 rings (SSSR count). The van der Waals surface area contributed by atoms with E-state index in [0.29, 0.717) is 13.0 Å². The first-order valence-corrected chi connectivity index (χ1v) is 6.29. The molecule has 96 valence electrons. The maximum atomic E-state index is 13.4. The Balaban J connectivity index is 1.88. The average molecular weight is 247 g/mol. The summed E-state index contributed by atoms with van der Waals surface area (Å²) in [4.78, 5) is 4.25. The number of hydrogen-bond acceptors (Lipinski definition) is 2. The quantitative estimate of drug-likeness (QED) is 0.850. The van der Waals surface area contributed by atoms with E-state index in [9.17, 15) is 4.39 Å². The number of aryl methyl sites for hydroxylation is 1. The van der Waals surface area contributed by atoms with E-state index in [2.05, 4.69) is 21.8 Å². The number of imidazole rings is 1. The Kier molecular flexibility index (Phi) is 4.34. The lowest BCUT2D eigenvalue weighted by molar-refractivity contribution is 0.610.